The summed E-state index contributed by atoms with van der Waals surface area (Å²) in [6.45, 7) is 3.48. The van der Waals surface area contributed by atoms with Crippen LogP contribution >= 0.6 is 0 Å². The normalized spacial score (nSPS) is 11.9. The van der Waals surface area contributed by atoms with E-state index in [1.165, 1.54) is 12.1 Å². The van der Waals surface area contributed by atoms with Crippen molar-refractivity contribution in [3.63, 3.8) is 0 Å². The van der Waals surface area contributed by atoms with Crippen LogP contribution in [-0.2, 0) is 0 Å². The van der Waals surface area contributed by atoms with Gasteiger partial charge in [-0.3, -0.25) is 4.79 Å². The van der Waals surface area contributed by atoms with Crippen LogP contribution in [0.25, 0.3) is 0 Å². The third-order valence-corrected chi connectivity index (χ3v) is 2.21. The van der Waals surface area contributed by atoms with E-state index >= 15 is 0 Å². The Morgan fingerprint density at radius 3 is 2.67 bits per heavy atom. The van der Waals surface area contributed by atoms with Crippen LogP contribution in [0.1, 0.15) is 29.3 Å². The molecule has 3 heteroatoms. The molecule has 15 heavy (non-hydrogen) atoms. The molecule has 0 aliphatic rings. The predicted molar refractivity (Wildman–Crippen MR) is 54.9 cm³/mol. The Labute approximate surface area is 88.3 Å². The first-order chi connectivity index (χ1) is 7.08. The van der Waals surface area contributed by atoms with Crippen LogP contribution in [0.4, 0.5) is 4.39 Å². The Balaban J connectivity index is 3.06. The number of Topliss-reactive ketones (excluding diaryl/α,β-unsaturated/α-hetero) is 1. The van der Waals surface area contributed by atoms with E-state index in [4.69, 9.17) is 5.26 Å². The zero-order chi connectivity index (χ0) is 11.4. The molecule has 0 aliphatic heterocycles. The predicted octanol–water partition coefficient (Wildman–Crippen LogP) is 2.87. The van der Waals surface area contributed by atoms with Gasteiger partial charge in [0.2, 0.25) is 0 Å². The summed E-state index contributed by atoms with van der Waals surface area (Å²) in [5, 5.41) is 8.73. The summed E-state index contributed by atoms with van der Waals surface area (Å²) in [7, 11) is 0. The topological polar surface area (TPSA) is 40.9 Å². The van der Waals surface area contributed by atoms with Crippen molar-refractivity contribution >= 4 is 5.78 Å². The van der Waals surface area contributed by atoms with Gasteiger partial charge in [-0.15, -0.1) is 0 Å². The summed E-state index contributed by atoms with van der Waals surface area (Å²) in [6, 6.07) is 6.05. The Hall–Kier alpha value is -1.69. The van der Waals surface area contributed by atoms with Crippen LogP contribution in [0.5, 0.6) is 0 Å². The van der Waals surface area contributed by atoms with E-state index in [9.17, 15) is 9.18 Å². The van der Waals surface area contributed by atoms with Crippen molar-refractivity contribution < 1.29 is 9.18 Å². The Bertz CT molecular complexity index is 400. The van der Waals surface area contributed by atoms with E-state index in [0.29, 0.717) is 12.0 Å². The average Bonchev–Trinajstić information content (AvgIpc) is 2.18. The van der Waals surface area contributed by atoms with Crippen molar-refractivity contribution in [2.24, 2.45) is 5.92 Å². The molecule has 0 amide bonds. The molecule has 1 rings (SSSR count). The highest BCUT2D eigenvalue weighted by Gasteiger charge is 2.18. The van der Waals surface area contributed by atoms with Gasteiger partial charge >= 0.3 is 0 Å². The molecular formula is C12H12FNO. The fraction of sp³-hybridized carbons (Fsp3) is 0.333. The number of carbonyl (C=O) groups excluding carboxylic acids is 1. The van der Waals surface area contributed by atoms with Gasteiger partial charge in [-0.25, -0.2) is 4.39 Å². The van der Waals surface area contributed by atoms with Gasteiger partial charge in [0.25, 0.3) is 0 Å². The van der Waals surface area contributed by atoms with E-state index in [1.54, 1.807) is 19.9 Å². The molecule has 0 bridgehead atoms. The number of hydrogen-bond acceptors (Lipinski definition) is 2. The number of nitriles is 1. The van der Waals surface area contributed by atoms with Crippen LogP contribution in [0, 0.1) is 30.0 Å². The molecule has 0 aromatic heterocycles. The number of aryl methyl sites for hydroxylation is 1. The highest BCUT2D eigenvalue weighted by Crippen LogP contribution is 2.15. The monoisotopic (exact) mass is 205 g/mol. The zero-order valence-electron chi connectivity index (χ0n) is 8.75. The fourth-order valence-electron chi connectivity index (χ4n) is 1.42. The van der Waals surface area contributed by atoms with E-state index < -0.39 is 11.7 Å². The molecule has 1 unspecified atom stereocenters. The van der Waals surface area contributed by atoms with Gasteiger partial charge < -0.3 is 0 Å². The lowest BCUT2D eigenvalue weighted by Gasteiger charge is -2.06. The standard InChI is InChI=1S/C12H12FNO/c1-3-9(7-14)12(15)10-4-8(2)5-11(13)6-10/h4-6,9H,3H2,1-2H3. The fourth-order valence-corrected chi connectivity index (χ4v) is 1.42. The van der Waals surface area contributed by atoms with E-state index in [1.807, 2.05) is 6.07 Å². The van der Waals surface area contributed by atoms with Crippen LogP contribution in [0.15, 0.2) is 18.2 Å². The first-order valence-corrected chi connectivity index (χ1v) is 4.79. The molecule has 0 N–H and O–H groups in total. The van der Waals surface area contributed by atoms with Crippen molar-refractivity contribution in [1.82, 2.24) is 0 Å². The minimum Gasteiger partial charge on any atom is -0.293 e. The molecule has 2 nitrogen and oxygen atoms in total. The molecule has 1 aromatic carbocycles. The van der Waals surface area contributed by atoms with Crippen LogP contribution in [0.3, 0.4) is 0 Å². The second-order valence-electron chi connectivity index (χ2n) is 3.47. The maximum absolute atomic E-state index is 13.0. The SMILES string of the molecule is CCC(C#N)C(=O)c1cc(C)cc(F)c1. The molecule has 0 fully saturated rings. The summed E-state index contributed by atoms with van der Waals surface area (Å²) >= 11 is 0. The number of hydrogen-bond donors (Lipinski definition) is 0. The van der Waals surface area contributed by atoms with Crippen molar-refractivity contribution in [3.8, 4) is 6.07 Å². The summed E-state index contributed by atoms with van der Waals surface area (Å²) in [6.07, 6.45) is 0.449. The summed E-state index contributed by atoms with van der Waals surface area (Å²) in [5.74, 6) is -1.42. The molecule has 0 spiro atoms. The Morgan fingerprint density at radius 2 is 2.20 bits per heavy atom. The summed E-state index contributed by atoms with van der Waals surface area (Å²) < 4.78 is 13.0. The summed E-state index contributed by atoms with van der Waals surface area (Å²) in [5.41, 5.74) is 0.965. The second kappa shape index (κ2) is 4.70. The quantitative estimate of drug-likeness (QED) is 0.712. The van der Waals surface area contributed by atoms with Crippen LogP contribution in [-0.4, -0.2) is 5.78 Å². The van der Waals surface area contributed by atoms with Crippen LogP contribution in [0.2, 0.25) is 0 Å². The lowest BCUT2D eigenvalue weighted by molar-refractivity contribution is 0.0946. The number of ketones is 1. The summed E-state index contributed by atoms with van der Waals surface area (Å²) in [4.78, 5) is 11.7. The molecule has 1 atom stereocenters. The first-order valence-electron chi connectivity index (χ1n) is 4.79. The molecule has 78 valence electrons. The molecule has 0 aliphatic carbocycles. The molecule has 1 aromatic rings. The van der Waals surface area contributed by atoms with Crippen LogP contribution < -0.4 is 0 Å². The van der Waals surface area contributed by atoms with Gasteiger partial charge in [0.05, 0.1) is 6.07 Å². The lowest BCUT2D eigenvalue weighted by Crippen LogP contribution is -2.12. The van der Waals surface area contributed by atoms with Gasteiger partial charge in [0.15, 0.2) is 5.78 Å². The van der Waals surface area contributed by atoms with Crippen molar-refractivity contribution in [1.29, 1.82) is 5.26 Å². The zero-order valence-corrected chi connectivity index (χ0v) is 8.75. The third-order valence-electron chi connectivity index (χ3n) is 2.21. The number of halogens is 1. The Morgan fingerprint density at radius 1 is 1.53 bits per heavy atom. The number of nitrogens with zero attached hydrogens (tertiary/aromatic N) is 1. The van der Waals surface area contributed by atoms with E-state index in [2.05, 4.69) is 0 Å². The molecule has 0 radical (unpaired) electrons. The van der Waals surface area contributed by atoms with Gasteiger partial charge in [0.1, 0.15) is 11.7 Å². The second-order valence-corrected chi connectivity index (χ2v) is 3.47. The maximum atomic E-state index is 13.0. The van der Waals surface area contributed by atoms with Crippen molar-refractivity contribution in [2.45, 2.75) is 20.3 Å². The minimum absolute atomic E-state index is 0.279. The third kappa shape index (κ3) is 2.63. The smallest absolute Gasteiger partial charge is 0.180 e. The van der Waals surface area contributed by atoms with Gasteiger partial charge in [-0.1, -0.05) is 6.92 Å². The molecule has 0 saturated heterocycles. The van der Waals surface area contributed by atoms with Gasteiger partial charge in [-0.05, 0) is 37.1 Å². The van der Waals surface area contributed by atoms with E-state index in [-0.39, 0.29) is 11.3 Å². The number of carbonyl (C=O) groups is 1. The van der Waals surface area contributed by atoms with Crippen molar-refractivity contribution in [3.05, 3.63) is 35.1 Å². The number of benzene rings is 1. The highest BCUT2D eigenvalue weighted by molar-refractivity contribution is 5.99. The number of rotatable bonds is 3. The molecular weight excluding hydrogens is 193 g/mol. The maximum Gasteiger partial charge on any atom is 0.180 e. The van der Waals surface area contributed by atoms with E-state index in [0.717, 1.165) is 0 Å². The lowest BCUT2D eigenvalue weighted by atomic mass is 9.95. The largest absolute Gasteiger partial charge is 0.293 e. The average molecular weight is 205 g/mol. The Kier molecular flexibility index (Phi) is 3.56. The molecule has 0 saturated carbocycles. The first kappa shape index (κ1) is 11.4. The molecule has 0 heterocycles. The highest BCUT2D eigenvalue weighted by atomic mass is 19.1. The minimum atomic E-state index is -0.675. The van der Waals surface area contributed by atoms with Gasteiger partial charge in [0, 0.05) is 5.56 Å². The van der Waals surface area contributed by atoms with Crippen molar-refractivity contribution in [2.75, 3.05) is 0 Å². The van der Waals surface area contributed by atoms with Gasteiger partial charge in [-0.2, -0.15) is 5.26 Å².